The Bertz CT molecular complexity index is 287. The second-order valence-corrected chi connectivity index (χ2v) is 4.63. The first-order valence-electron chi connectivity index (χ1n) is 5.73. The van der Waals surface area contributed by atoms with Gasteiger partial charge in [0.1, 0.15) is 0 Å². The van der Waals surface area contributed by atoms with Crippen molar-refractivity contribution >= 4 is 11.9 Å². The van der Waals surface area contributed by atoms with Gasteiger partial charge in [-0.3, -0.25) is 4.79 Å². The van der Waals surface area contributed by atoms with E-state index in [1.807, 2.05) is 6.92 Å². The minimum Gasteiger partial charge on any atom is -0.480 e. The maximum absolute atomic E-state index is 12.1. The summed E-state index contributed by atoms with van der Waals surface area (Å²) in [6, 6.07) is -0.973. The number of carbonyl (C=O) groups is 2. The van der Waals surface area contributed by atoms with E-state index in [4.69, 9.17) is 9.84 Å². The van der Waals surface area contributed by atoms with Crippen LogP contribution in [0.4, 0.5) is 0 Å². The Balaban J connectivity index is 2.59. The van der Waals surface area contributed by atoms with Crippen molar-refractivity contribution in [2.45, 2.75) is 25.8 Å². The Morgan fingerprint density at radius 1 is 1.47 bits per heavy atom. The van der Waals surface area contributed by atoms with E-state index in [-0.39, 0.29) is 12.5 Å². The molecule has 1 atom stereocenters. The van der Waals surface area contributed by atoms with Gasteiger partial charge in [-0.2, -0.15) is 0 Å². The first-order chi connectivity index (χ1) is 7.99. The Kier molecular flexibility index (Phi) is 4.89. The van der Waals surface area contributed by atoms with Crippen LogP contribution < -0.4 is 10.6 Å². The second kappa shape index (κ2) is 5.97. The van der Waals surface area contributed by atoms with E-state index >= 15 is 0 Å². The van der Waals surface area contributed by atoms with E-state index < -0.39 is 17.4 Å². The maximum atomic E-state index is 12.1. The van der Waals surface area contributed by atoms with Crippen LogP contribution in [0.1, 0.15) is 19.8 Å². The van der Waals surface area contributed by atoms with Gasteiger partial charge in [-0.25, -0.2) is 4.79 Å². The molecule has 6 nitrogen and oxygen atoms in total. The predicted molar refractivity (Wildman–Crippen MR) is 61.7 cm³/mol. The molecule has 17 heavy (non-hydrogen) atoms. The number of rotatable bonds is 5. The lowest BCUT2D eigenvalue weighted by Crippen LogP contribution is -2.52. The molecule has 0 aromatic carbocycles. The minimum atomic E-state index is -1.07. The van der Waals surface area contributed by atoms with Crippen LogP contribution in [0.5, 0.6) is 0 Å². The summed E-state index contributed by atoms with van der Waals surface area (Å²) < 4.78 is 4.78. The van der Waals surface area contributed by atoms with E-state index in [2.05, 4.69) is 10.6 Å². The van der Waals surface area contributed by atoms with Gasteiger partial charge in [-0.15, -0.1) is 0 Å². The number of methoxy groups -OCH3 is 1. The lowest BCUT2D eigenvalue weighted by molar-refractivity contribution is -0.145. The second-order valence-electron chi connectivity index (χ2n) is 4.63. The van der Waals surface area contributed by atoms with Crippen molar-refractivity contribution in [2.75, 3.05) is 26.8 Å². The van der Waals surface area contributed by atoms with Crippen LogP contribution in [-0.2, 0) is 14.3 Å². The molecule has 3 N–H and O–H groups in total. The summed E-state index contributed by atoms with van der Waals surface area (Å²) in [5, 5.41) is 14.6. The zero-order valence-electron chi connectivity index (χ0n) is 10.3. The van der Waals surface area contributed by atoms with E-state index in [0.717, 1.165) is 25.9 Å². The molecule has 1 saturated heterocycles. The fourth-order valence-corrected chi connectivity index (χ4v) is 1.88. The number of carboxylic acids is 1. The first-order valence-corrected chi connectivity index (χ1v) is 5.73. The summed E-state index contributed by atoms with van der Waals surface area (Å²) in [4.78, 5) is 23.0. The topological polar surface area (TPSA) is 87.7 Å². The van der Waals surface area contributed by atoms with Crippen LogP contribution in [0.3, 0.4) is 0 Å². The summed E-state index contributed by atoms with van der Waals surface area (Å²) in [5.41, 5.74) is -0.479. The number of nitrogens with one attached hydrogen (secondary N) is 2. The van der Waals surface area contributed by atoms with Gasteiger partial charge in [0.2, 0.25) is 5.91 Å². The molecule has 1 aliphatic heterocycles. The SMILES string of the molecule is COCC(NC(=O)C1(C)CCNCC1)C(=O)O. The average Bonchev–Trinajstić information content (AvgIpc) is 2.29. The molecule has 0 aromatic heterocycles. The fourth-order valence-electron chi connectivity index (χ4n) is 1.88. The predicted octanol–water partition coefficient (Wildman–Crippen LogP) is -0.408. The van der Waals surface area contributed by atoms with Crippen LogP contribution in [0.25, 0.3) is 0 Å². The Hall–Kier alpha value is -1.14. The highest BCUT2D eigenvalue weighted by Crippen LogP contribution is 2.28. The van der Waals surface area contributed by atoms with Gasteiger partial charge in [0, 0.05) is 12.5 Å². The molecule has 1 heterocycles. The number of carboxylic acid groups (broad SMARTS) is 1. The van der Waals surface area contributed by atoms with E-state index in [9.17, 15) is 9.59 Å². The number of carbonyl (C=O) groups excluding carboxylic acids is 1. The molecule has 1 fully saturated rings. The normalized spacial score (nSPS) is 20.6. The molecular weight excluding hydrogens is 224 g/mol. The minimum absolute atomic E-state index is 0.0184. The van der Waals surface area contributed by atoms with Crippen molar-refractivity contribution in [1.29, 1.82) is 0 Å². The molecule has 0 aromatic rings. The van der Waals surface area contributed by atoms with E-state index in [1.54, 1.807) is 0 Å². The summed E-state index contributed by atoms with van der Waals surface area (Å²) in [7, 11) is 1.41. The van der Waals surface area contributed by atoms with Gasteiger partial charge >= 0.3 is 5.97 Å². The van der Waals surface area contributed by atoms with Gasteiger partial charge in [0.25, 0.3) is 0 Å². The van der Waals surface area contributed by atoms with Gasteiger partial charge in [0.15, 0.2) is 6.04 Å². The van der Waals surface area contributed by atoms with Crippen LogP contribution >= 0.6 is 0 Å². The lowest BCUT2D eigenvalue weighted by atomic mass is 9.80. The van der Waals surface area contributed by atoms with E-state index in [1.165, 1.54) is 7.11 Å². The zero-order valence-corrected chi connectivity index (χ0v) is 10.3. The average molecular weight is 244 g/mol. The van der Waals surface area contributed by atoms with Crippen molar-refractivity contribution in [3.05, 3.63) is 0 Å². The lowest BCUT2D eigenvalue weighted by Gasteiger charge is -2.33. The molecule has 0 saturated carbocycles. The summed E-state index contributed by atoms with van der Waals surface area (Å²) in [6.07, 6.45) is 1.44. The maximum Gasteiger partial charge on any atom is 0.328 e. The largest absolute Gasteiger partial charge is 0.480 e. The van der Waals surface area contributed by atoms with Crippen molar-refractivity contribution in [3.63, 3.8) is 0 Å². The molecule has 0 radical (unpaired) electrons. The highest BCUT2D eigenvalue weighted by molar-refractivity contribution is 5.87. The van der Waals surface area contributed by atoms with Crippen LogP contribution in [0.2, 0.25) is 0 Å². The Morgan fingerprint density at radius 3 is 2.53 bits per heavy atom. The first kappa shape index (κ1) is 13.9. The zero-order chi connectivity index (χ0) is 12.9. The number of hydrogen-bond acceptors (Lipinski definition) is 4. The van der Waals surface area contributed by atoms with Crippen molar-refractivity contribution in [1.82, 2.24) is 10.6 Å². The molecule has 1 rings (SSSR count). The molecule has 1 amide bonds. The van der Waals surface area contributed by atoms with Gasteiger partial charge in [-0.05, 0) is 25.9 Å². The Labute approximate surface area is 101 Å². The van der Waals surface area contributed by atoms with Gasteiger partial charge in [-0.1, -0.05) is 6.92 Å². The molecule has 0 aliphatic carbocycles. The number of ether oxygens (including phenoxy) is 1. The standard InChI is InChI=1S/C11H20N2O4/c1-11(3-5-12-6-4-11)10(16)13-8(7-17-2)9(14)15/h8,12H,3-7H2,1-2H3,(H,13,16)(H,14,15). The van der Waals surface area contributed by atoms with Crippen molar-refractivity contribution in [2.24, 2.45) is 5.41 Å². The monoisotopic (exact) mass is 244 g/mol. The van der Waals surface area contributed by atoms with Crippen molar-refractivity contribution < 1.29 is 19.4 Å². The summed E-state index contributed by atoms with van der Waals surface area (Å²) in [5.74, 6) is -1.28. The fraction of sp³-hybridized carbons (Fsp3) is 0.818. The smallest absolute Gasteiger partial charge is 0.328 e. The third kappa shape index (κ3) is 3.67. The third-order valence-electron chi connectivity index (χ3n) is 3.19. The molecule has 6 heteroatoms. The molecule has 1 aliphatic rings. The third-order valence-corrected chi connectivity index (χ3v) is 3.19. The van der Waals surface area contributed by atoms with Crippen LogP contribution in [0, 0.1) is 5.41 Å². The van der Waals surface area contributed by atoms with E-state index in [0.29, 0.717) is 0 Å². The molecule has 1 unspecified atom stereocenters. The highest BCUT2D eigenvalue weighted by Gasteiger charge is 2.36. The van der Waals surface area contributed by atoms with Crippen LogP contribution in [0.15, 0.2) is 0 Å². The highest BCUT2D eigenvalue weighted by atomic mass is 16.5. The van der Waals surface area contributed by atoms with Gasteiger partial charge < -0.3 is 20.5 Å². The number of aliphatic carboxylic acids is 1. The number of hydrogen-bond donors (Lipinski definition) is 3. The van der Waals surface area contributed by atoms with Crippen LogP contribution in [-0.4, -0.2) is 49.8 Å². The molecular formula is C11H20N2O4. The Morgan fingerprint density at radius 2 is 2.06 bits per heavy atom. The summed E-state index contributed by atoms with van der Waals surface area (Å²) >= 11 is 0. The van der Waals surface area contributed by atoms with Gasteiger partial charge in [0.05, 0.1) is 6.61 Å². The molecule has 98 valence electrons. The number of piperidine rings is 1. The van der Waals surface area contributed by atoms with Crippen molar-refractivity contribution in [3.8, 4) is 0 Å². The molecule has 0 bridgehead atoms. The molecule has 0 spiro atoms. The summed E-state index contributed by atoms with van der Waals surface area (Å²) in [6.45, 7) is 3.42. The quantitative estimate of drug-likeness (QED) is 0.612. The number of amides is 1.